The Morgan fingerprint density at radius 1 is 1.19 bits per heavy atom. The van der Waals surface area contributed by atoms with E-state index in [9.17, 15) is 0 Å². The van der Waals surface area contributed by atoms with Crippen molar-refractivity contribution in [2.45, 2.75) is 45.6 Å². The molecule has 0 aliphatic rings. The molecule has 0 bridgehead atoms. The number of aryl methyl sites for hydroxylation is 1. The summed E-state index contributed by atoms with van der Waals surface area (Å²) in [5, 5.41) is 0. The summed E-state index contributed by atoms with van der Waals surface area (Å²) < 4.78 is 0. The lowest BCUT2D eigenvalue weighted by Crippen LogP contribution is -2.38. The zero-order valence-corrected chi connectivity index (χ0v) is 11.0. The van der Waals surface area contributed by atoms with Crippen LogP contribution in [0.25, 0.3) is 0 Å². The molecule has 0 atom stereocenters. The first-order valence-corrected chi connectivity index (χ1v) is 6.11. The van der Waals surface area contributed by atoms with Gasteiger partial charge in [0.25, 0.3) is 0 Å². The predicted molar refractivity (Wildman–Crippen MR) is 69.6 cm³/mol. The lowest BCUT2D eigenvalue weighted by molar-refractivity contribution is 0.173. The molecule has 0 N–H and O–H groups in total. The Morgan fingerprint density at radius 2 is 1.94 bits per heavy atom. The fourth-order valence-electron chi connectivity index (χ4n) is 1.54. The quantitative estimate of drug-likeness (QED) is 0.709. The second-order valence-corrected chi connectivity index (χ2v) is 5.37. The van der Waals surface area contributed by atoms with Gasteiger partial charge in [0.15, 0.2) is 0 Å². The van der Waals surface area contributed by atoms with Gasteiger partial charge in [-0.2, -0.15) is 0 Å². The summed E-state index contributed by atoms with van der Waals surface area (Å²) in [5.74, 6) is 0. The summed E-state index contributed by atoms with van der Waals surface area (Å²) in [6, 6.07) is 6.13. The summed E-state index contributed by atoms with van der Waals surface area (Å²) in [6.45, 7) is 7.93. The van der Waals surface area contributed by atoms with Gasteiger partial charge in [-0.3, -0.25) is 4.98 Å². The molecule has 0 saturated heterocycles. The van der Waals surface area contributed by atoms with Gasteiger partial charge in [0.05, 0.1) is 0 Å². The van der Waals surface area contributed by atoms with Crippen LogP contribution in [0.3, 0.4) is 0 Å². The standard InChI is InChI=1S/C14H24N2/c1-14(2,3)16(4)12-8-6-10-13-9-5-7-11-15-13/h5,7,9,11H,6,8,10,12H2,1-4H3. The Hall–Kier alpha value is -0.890. The molecule has 16 heavy (non-hydrogen) atoms. The van der Waals surface area contributed by atoms with Crippen LogP contribution in [-0.2, 0) is 6.42 Å². The highest BCUT2D eigenvalue weighted by atomic mass is 15.1. The molecule has 90 valence electrons. The van der Waals surface area contributed by atoms with E-state index in [1.807, 2.05) is 12.3 Å². The van der Waals surface area contributed by atoms with Gasteiger partial charge in [0.2, 0.25) is 0 Å². The van der Waals surface area contributed by atoms with E-state index in [4.69, 9.17) is 0 Å². The molecule has 1 heterocycles. The minimum atomic E-state index is 0.283. The maximum absolute atomic E-state index is 4.33. The third kappa shape index (κ3) is 4.75. The van der Waals surface area contributed by atoms with Gasteiger partial charge in [-0.25, -0.2) is 0 Å². The highest BCUT2D eigenvalue weighted by Gasteiger charge is 2.15. The fourth-order valence-corrected chi connectivity index (χ4v) is 1.54. The fraction of sp³-hybridized carbons (Fsp3) is 0.643. The smallest absolute Gasteiger partial charge is 0.0403 e. The van der Waals surface area contributed by atoms with E-state index < -0.39 is 0 Å². The van der Waals surface area contributed by atoms with E-state index in [1.165, 1.54) is 18.5 Å². The Kier molecular flexibility index (Phi) is 4.94. The molecule has 0 radical (unpaired) electrons. The molecular weight excluding hydrogens is 196 g/mol. The van der Waals surface area contributed by atoms with Gasteiger partial charge in [-0.1, -0.05) is 6.07 Å². The monoisotopic (exact) mass is 220 g/mol. The van der Waals surface area contributed by atoms with E-state index in [0.717, 1.165) is 13.0 Å². The first-order valence-electron chi connectivity index (χ1n) is 6.11. The third-order valence-electron chi connectivity index (χ3n) is 3.05. The third-order valence-corrected chi connectivity index (χ3v) is 3.05. The molecule has 0 spiro atoms. The minimum Gasteiger partial charge on any atom is -0.302 e. The normalized spacial score (nSPS) is 12.1. The van der Waals surface area contributed by atoms with Crippen LogP contribution in [0.5, 0.6) is 0 Å². The highest BCUT2D eigenvalue weighted by Crippen LogP contribution is 2.11. The van der Waals surface area contributed by atoms with Crippen LogP contribution >= 0.6 is 0 Å². The first-order chi connectivity index (χ1) is 7.50. The number of nitrogens with zero attached hydrogens (tertiary/aromatic N) is 2. The lowest BCUT2D eigenvalue weighted by Gasteiger charge is -2.31. The zero-order valence-electron chi connectivity index (χ0n) is 11.0. The second-order valence-electron chi connectivity index (χ2n) is 5.37. The number of rotatable bonds is 5. The SMILES string of the molecule is CN(CCCCc1ccccn1)C(C)(C)C. The van der Waals surface area contributed by atoms with Crippen LogP contribution in [0.2, 0.25) is 0 Å². The number of aromatic nitrogens is 1. The Bertz CT molecular complexity index is 287. The predicted octanol–water partition coefficient (Wildman–Crippen LogP) is 3.13. The number of hydrogen-bond donors (Lipinski definition) is 0. The Morgan fingerprint density at radius 3 is 2.50 bits per heavy atom. The maximum Gasteiger partial charge on any atom is 0.0403 e. The van der Waals surface area contributed by atoms with Crippen LogP contribution in [0.4, 0.5) is 0 Å². The van der Waals surface area contributed by atoms with Crippen molar-refractivity contribution in [2.75, 3.05) is 13.6 Å². The molecule has 2 nitrogen and oxygen atoms in total. The topological polar surface area (TPSA) is 16.1 Å². The molecule has 0 saturated carbocycles. The molecule has 1 rings (SSSR count). The van der Waals surface area contributed by atoms with Gasteiger partial charge in [0, 0.05) is 17.4 Å². The van der Waals surface area contributed by atoms with Gasteiger partial charge in [0.1, 0.15) is 0 Å². The minimum absolute atomic E-state index is 0.283. The largest absolute Gasteiger partial charge is 0.302 e. The number of unbranched alkanes of at least 4 members (excludes halogenated alkanes) is 1. The van der Waals surface area contributed by atoms with Gasteiger partial charge >= 0.3 is 0 Å². The number of pyridine rings is 1. The van der Waals surface area contributed by atoms with E-state index >= 15 is 0 Å². The highest BCUT2D eigenvalue weighted by molar-refractivity contribution is 5.03. The average Bonchev–Trinajstić information content (AvgIpc) is 2.24. The molecule has 2 heteroatoms. The van der Waals surface area contributed by atoms with Crippen molar-refractivity contribution in [3.05, 3.63) is 30.1 Å². The molecule has 1 aromatic heterocycles. The van der Waals surface area contributed by atoms with Crippen molar-refractivity contribution in [3.8, 4) is 0 Å². The van der Waals surface area contributed by atoms with Crippen LogP contribution in [0, 0.1) is 0 Å². The van der Waals surface area contributed by atoms with Crippen molar-refractivity contribution in [1.82, 2.24) is 9.88 Å². The number of hydrogen-bond acceptors (Lipinski definition) is 2. The van der Waals surface area contributed by atoms with Crippen molar-refractivity contribution in [1.29, 1.82) is 0 Å². The molecule has 0 aliphatic heterocycles. The van der Waals surface area contributed by atoms with E-state index in [0.29, 0.717) is 0 Å². The molecule has 0 amide bonds. The molecule has 0 aliphatic carbocycles. The van der Waals surface area contributed by atoms with Crippen molar-refractivity contribution in [3.63, 3.8) is 0 Å². The summed E-state index contributed by atoms with van der Waals surface area (Å²) in [6.07, 6.45) is 5.43. The first kappa shape index (κ1) is 13.2. The molecule has 1 aromatic rings. The van der Waals surface area contributed by atoms with Crippen molar-refractivity contribution in [2.24, 2.45) is 0 Å². The van der Waals surface area contributed by atoms with Gasteiger partial charge in [-0.05, 0) is 65.8 Å². The average molecular weight is 220 g/mol. The van der Waals surface area contributed by atoms with Crippen molar-refractivity contribution >= 4 is 0 Å². The zero-order chi connectivity index (χ0) is 12.0. The lowest BCUT2D eigenvalue weighted by atomic mass is 10.1. The van der Waals surface area contributed by atoms with Crippen molar-refractivity contribution < 1.29 is 0 Å². The van der Waals surface area contributed by atoms with Crippen LogP contribution in [0.1, 0.15) is 39.3 Å². The Balaban J connectivity index is 2.18. The van der Waals surface area contributed by atoms with Gasteiger partial charge < -0.3 is 4.90 Å². The van der Waals surface area contributed by atoms with E-state index in [1.54, 1.807) is 0 Å². The summed E-state index contributed by atoms with van der Waals surface area (Å²) in [7, 11) is 2.20. The van der Waals surface area contributed by atoms with Crippen LogP contribution in [-0.4, -0.2) is 29.0 Å². The van der Waals surface area contributed by atoms with E-state index in [-0.39, 0.29) is 5.54 Å². The maximum atomic E-state index is 4.33. The second kappa shape index (κ2) is 6.00. The molecule has 0 aromatic carbocycles. The molecular formula is C14H24N2. The Labute approximate surface area is 99.7 Å². The molecule has 0 unspecified atom stereocenters. The summed E-state index contributed by atoms with van der Waals surface area (Å²) >= 11 is 0. The summed E-state index contributed by atoms with van der Waals surface area (Å²) in [4.78, 5) is 6.74. The van der Waals surface area contributed by atoms with Crippen LogP contribution in [0.15, 0.2) is 24.4 Å². The van der Waals surface area contributed by atoms with E-state index in [2.05, 4.69) is 49.8 Å². The molecule has 0 fully saturated rings. The van der Waals surface area contributed by atoms with Crippen LogP contribution < -0.4 is 0 Å². The van der Waals surface area contributed by atoms with Gasteiger partial charge in [-0.15, -0.1) is 0 Å². The summed E-state index contributed by atoms with van der Waals surface area (Å²) in [5.41, 5.74) is 1.49.